The molecule has 0 unspecified atom stereocenters. The van der Waals surface area contributed by atoms with E-state index in [0.29, 0.717) is 5.92 Å². The average molecular weight is 311 g/mol. The molecule has 0 saturated heterocycles. The van der Waals surface area contributed by atoms with Gasteiger partial charge >= 0.3 is 0 Å². The molecule has 0 aliphatic heterocycles. The Kier molecular flexibility index (Phi) is 6.99. The Hall–Kier alpha value is -1.96. The molecule has 2 heteroatoms. The van der Waals surface area contributed by atoms with Crippen LogP contribution in [0.4, 0.5) is 5.69 Å². The van der Waals surface area contributed by atoms with Gasteiger partial charge in [-0.05, 0) is 41.7 Å². The zero-order valence-electron chi connectivity index (χ0n) is 14.6. The van der Waals surface area contributed by atoms with Gasteiger partial charge in [-0.25, -0.2) is 0 Å². The van der Waals surface area contributed by atoms with Crippen molar-refractivity contribution in [3.05, 3.63) is 59.7 Å². The van der Waals surface area contributed by atoms with Crippen molar-refractivity contribution in [2.45, 2.75) is 52.5 Å². The van der Waals surface area contributed by atoms with Crippen molar-refractivity contribution >= 4 is 5.69 Å². The highest BCUT2D eigenvalue weighted by molar-refractivity contribution is 5.52. The zero-order valence-corrected chi connectivity index (χ0v) is 14.6. The van der Waals surface area contributed by atoms with Crippen molar-refractivity contribution in [1.29, 1.82) is 0 Å². The SMILES string of the molecule is CCCCCOc1ccc(CNc2ccccc2C(C)C)cc1. The zero-order chi connectivity index (χ0) is 16.5. The summed E-state index contributed by atoms with van der Waals surface area (Å²) in [5.74, 6) is 1.49. The fourth-order valence-corrected chi connectivity index (χ4v) is 2.60. The number of ether oxygens (including phenoxy) is 1. The lowest BCUT2D eigenvalue weighted by atomic mass is 10.0. The minimum atomic E-state index is 0.526. The van der Waals surface area contributed by atoms with Crippen LogP contribution < -0.4 is 10.1 Å². The van der Waals surface area contributed by atoms with Crippen LogP contribution in [-0.4, -0.2) is 6.61 Å². The molecule has 0 saturated carbocycles. The van der Waals surface area contributed by atoms with E-state index >= 15 is 0 Å². The van der Waals surface area contributed by atoms with Gasteiger partial charge in [0.25, 0.3) is 0 Å². The van der Waals surface area contributed by atoms with Crippen LogP contribution in [-0.2, 0) is 6.54 Å². The van der Waals surface area contributed by atoms with E-state index in [2.05, 4.69) is 74.6 Å². The van der Waals surface area contributed by atoms with E-state index in [4.69, 9.17) is 4.74 Å². The molecule has 0 heterocycles. The molecule has 2 nitrogen and oxygen atoms in total. The highest BCUT2D eigenvalue weighted by Gasteiger charge is 2.05. The van der Waals surface area contributed by atoms with Crippen molar-refractivity contribution < 1.29 is 4.74 Å². The number of nitrogens with one attached hydrogen (secondary N) is 1. The lowest BCUT2D eigenvalue weighted by Gasteiger charge is -2.14. The van der Waals surface area contributed by atoms with Gasteiger partial charge < -0.3 is 10.1 Å². The quantitative estimate of drug-likeness (QED) is 0.574. The second-order valence-electron chi connectivity index (χ2n) is 6.30. The first-order chi connectivity index (χ1) is 11.2. The Balaban J connectivity index is 1.87. The van der Waals surface area contributed by atoms with Crippen LogP contribution in [0.5, 0.6) is 5.75 Å². The van der Waals surface area contributed by atoms with E-state index in [-0.39, 0.29) is 0 Å². The van der Waals surface area contributed by atoms with Crippen LogP contribution in [0.2, 0.25) is 0 Å². The molecular weight excluding hydrogens is 282 g/mol. The topological polar surface area (TPSA) is 21.3 Å². The van der Waals surface area contributed by atoms with Gasteiger partial charge in [0.05, 0.1) is 6.61 Å². The van der Waals surface area contributed by atoms with Gasteiger partial charge in [-0.3, -0.25) is 0 Å². The van der Waals surface area contributed by atoms with E-state index in [9.17, 15) is 0 Å². The molecule has 0 aromatic heterocycles. The second kappa shape index (κ2) is 9.24. The summed E-state index contributed by atoms with van der Waals surface area (Å²) in [6.45, 7) is 8.31. The van der Waals surface area contributed by atoms with E-state index in [1.54, 1.807) is 0 Å². The standard InChI is InChI=1S/C21H29NO/c1-4-5-8-15-23-19-13-11-18(12-14-19)16-22-21-10-7-6-9-20(21)17(2)3/h6-7,9-14,17,22H,4-5,8,15-16H2,1-3H3. The summed E-state index contributed by atoms with van der Waals surface area (Å²) in [6.07, 6.45) is 3.59. The van der Waals surface area contributed by atoms with Crippen molar-refractivity contribution in [2.75, 3.05) is 11.9 Å². The molecule has 2 aromatic carbocycles. The number of rotatable bonds is 9. The molecule has 2 rings (SSSR count). The molecule has 0 spiro atoms. The molecule has 2 aromatic rings. The monoisotopic (exact) mass is 311 g/mol. The van der Waals surface area contributed by atoms with Gasteiger partial charge in [-0.15, -0.1) is 0 Å². The van der Waals surface area contributed by atoms with Crippen molar-refractivity contribution in [1.82, 2.24) is 0 Å². The summed E-state index contributed by atoms with van der Waals surface area (Å²) in [5, 5.41) is 3.55. The average Bonchev–Trinajstić information content (AvgIpc) is 2.58. The van der Waals surface area contributed by atoms with Gasteiger partial charge in [-0.2, -0.15) is 0 Å². The number of anilines is 1. The summed E-state index contributed by atoms with van der Waals surface area (Å²) >= 11 is 0. The Morgan fingerprint density at radius 3 is 2.39 bits per heavy atom. The van der Waals surface area contributed by atoms with E-state index in [1.807, 2.05) is 0 Å². The normalized spacial score (nSPS) is 10.8. The van der Waals surface area contributed by atoms with Crippen LogP contribution in [0.3, 0.4) is 0 Å². The molecular formula is C21H29NO. The van der Waals surface area contributed by atoms with Gasteiger partial charge in [0.1, 0.15) is 5.75 Å². The van der Waals surface area contributed by atoms with Crippen LogP contribution in [0.1, 0.15) is 57.1 Å². The van der Waals surface area contributed by atoms with Crippen LogP contribution >= 0.6 is 0 Å². The highest BCUT2D eigenvalue weighted by atomic mass is 16.5. The summed E-state index contributed by atoms with van der Waals surface area (Å²) in [7, 11) is 0. The fourth-order valence-electron chi connectivity index (χ4n) is 2.60. The van der Waals surface area contributed by atoms with Gasteiger partial charge in [0.2, 0.25) is 0 Å². The van der Waals surface area contributed by atoms with E-state index in [1.165, 1.54) is 29.7 Å². The Morgan fingerprint density at radius 1 is 0.957 bits per heavy atom. The minimum absolute atomic E-state index is 0.526. The van der Waals surface area contributed by atoms with Crippen LogP contribution in [0.15, 0.2) is 48.5 Å². The maximum atomic E-state index is 5.76. The van der Waals surface area contributed by atoms with Crippen LogP contribution in [0, 0.1) is 0 Å². The molecule has 0 amide bonds. The third-order valence-electron chi connectivity index (χ3n) is 4.01. The number of hydrogen-bond acceptors (Lipinski definition) is 2. The first-order valence-corrected chi connectivity index (χ1v) is 8.75. The first-order valence-electron chi connectivity index (χ1n) is 8.75. The molecule has 0 radical (unpaired) electrons. The molecule has 124 valence electrons. The third kappa shape index (κ3) is 5.63. The first kappa shape index (κ1) is 17.4. The number of para-hydroxylation sites is 1. The third-order valence-corrected chi connectivity index (χ3v) is 4.01. The molecule has 23 heavy (non-hydrogen) atoms. The Bertz CT molecular complexity index is 575. The minimum Gasteiger partial charge on any atom is -0.494 e. The summed E-state index contributed by atoms with van der Waals surface area (Å²) < 4.78 is 5.76. The molecule has 0 aliphatic rings. The highest BCUT2D eigenvalue weighted by Crippen LogP contribution is 2.24. The summed E-state index contributed by atoms with van der Waals surface area (Å²) in [4.78, 5) is 0. The predicted octanol–water partition coefficient (Wildman–Crippen LogP) is 5.99. The second-order valence-corrected chi connectivity index (χ2v) is 6.30. The Labute approximate surface area is 140 Å². The van der Waals surface area contributed by atoms with Gasteiger partial charge in [0.15, 0.2) is 0 Å². The lowest BCUT2D eigenvalue weighted by Crippen LogP contribution is -2.03. The smallest absolute Gasteiger partial charge is 0.119 e. The molecule has 1 N–H and O–H groups in total. The molecule has 0 fully saturated rings. The molecule has 0 bridgehead atoms. The van der Waals surface area contributed by atoms with Gasteiger partial charge in [0, 0.05) is 12.2 Å². The molecule has 0 aliphatic carbocycles. The van der Waals surface area contributed by atoms with Gasteiger partial charge in [-0.1, -0.05) is 63.9 Å². The van der Waals surface area contributed by atoms with E-state index in [0.717, 1.165) is 25.3 Å². The summed E-state index contributed by atoms with van der Waals surface area (Å²) in [6, 6.07) is 16.9. The summed E-state index contributed by atoms with van der Waals surface area (Å²) in [5.41, 5.74) is 3.86. The van der Waals surface area contributed by atoms with Crippen molar-refractivity contribution in [3.8, 4) is 5.75 Å². The number of hydrogen-bond donors (Lipinski definition) is 1. The fraction of sp³-hybridized carbons (Fsp3) is 0.429. The number of benzene rings is 2. The van der Waals surface area contributed by atoms with Crippen molar-refractivity contribution in [2.24, 2.45) is 0 Å². The van der Waals surface area contributed by atoms with Crippen LogP contribution in [0.25, 0.3) is 0 Å². The maximum Gasteiger partial charge on any atom is 0.119 e. The maximum absolute atomic E-state index is 5.76. The Morgan fingerprint density at radius 2 is 1.70 bits per heavy atom. The lowest BCUT2D eigenvalue weighted by molar-refractivity contribution is 0.306. The van der Waals surface area contributed by atoms with Crippen molar-refractivity contribution in [3.63, 3.8) is 0 Å². The predicted molar refractivity (Wildman–Crippen MR) is 99.3 cm³/mol. The van der Waals surface area contributed by atoms with E-state index < -0.39 is 0 Å². The largest absolute Gasteiger partial charge is 0.494 e. The number of unbranched alkanes of at least 4 members (excludes halogenated alkanes) is 2. The molecule has 0 atom stereocenters.